The smallest absolute Gasteiger partial charge is 0.239 e. The fourth-order valence-electron chi connectivity index (χ4n) is 2.75. The van der Waals surface area contributed by atoms with Crippen molar-refractivity contribution in [1.29, 1.82) is 0 Å². The Bertz CT molecular complexity index is 676. The molecule has 8 heteroatoms. The molecule has 2 aromatic rings. The van der Waals surface area contributed by atoms with Crippen molar-refractivity contribution in [3.8, 4) is 5.88 Å². The molecule has 2 aromatic heterocycles. The van der Waals surface area contributed by atoms with Crippen molar-refractivity contribution < 1.29 is 14.6 Å². The highest BCUT2D eigenvalue weighted by Crippen LogP contribution is 2.26. The van der Waals surface area contributed by atoms with E-state index in [9.17, 15) is 5.11 Å². The Labute approximate surface area is 139 Å². The van der Waals surface area contributed by atoms with Crippen molar-refractivity contribution in [3.05, 3.63) is 18.1 Å². The first-order valence-electron chi connectivity index (χ1n) is 7.54. The molecule has 3 heterocycles. The Morgan fingerprint density at radius 3 is 3.04 bits per heavy atom. The van der Waals surface area contributed by atoms with Gasteiger partial charge in [-0.3, -0.25) is 0 Å². The maximum atomic E-state index is 9.73. The predicted molar refractivity (Wildman–Crippen MR) is 89.5 cm³/mol. The Hall–Kier alpha value is -1.35. The summed E-state index contributed by atoms with van der Waals surface area (Å²) < 4.78 is 11.6. The van der Waals surface area contributed by atoms with E-state index in [1.54, 1.807) is 11.8 Å². The molecule has 0 bridgehead atoms. The number of aromatic amines is 1. The zero-order valence-corrected chi connectivity index (χ0v) is 14.3. The number of nitrogens with one attached hydrogen (secondary N) is 2. The SMILES string of the molecule is CSC[C@@H](NCc1c[nH]c2c(O)ncnc12)C1COC(C)(C)O1. The van der Waals surface area contributed by atoms with Crippen molar-refractivity contribution in [2.75, 3.05) is 18.6 Å². The monoisotopic (exact) mass is 338 g/mol. The molecule has 126 valence electrons. The summed E-state index contributed by atoms with van der Waals surface area (Å²) in [6.45, 7) is 5.08. The maximum absolute atomic E-state index is 9.73. The van der Waals surface area contributed by atoms with Crippen LogP contribution in [0.2, 0.25) is 0 Å². The Morgan fingerprint density at radius 1 is 1.52 bits per heavy atom. The average Bonchev–Trinajstić information content (AvgIpc) is 3.08. The van der Waals surface area contributed by atoms with Crippen molar-refractivity contribution in [1.82, 2.24) is 20.3 Å². The van der Waals surface area contributed by atoms with Gasteiger partial charge in [0.15, 0.2) is 5.79 Å². The van der Waals surface area contributed by atoms with Gasteiger partial charge in [-0.2, -0.15) is 11.8 Å². The van der Waals surface area contributed by atoms with Crippen molar-refractivity contribution >= 4 is 22.8 Å². The molecule has 2 atom stereocenters. The van der Waals surface area contributed by atoms with E-state index in [4.69, 9.17) is 9.47 Å². The van der Waals surface area contributed by atoms with Gasteiger partial charge in [-0.05, 0) is 20.1 Å². The minimum atomic E-state index is -0.525. The van der Waals surface area contributed by atoms with Crippen LogP contribution in [-0.2, 0) is 16.0 Å². The van der Waals surface area contributed by atoms with Gasteiger partial charge in [0.25, 0.3) is 0 Å². The fourth-order valence-corrected chi connectivity index (χ4v) is 3.44. The molecule has 7 nitrogen and oxygen atoms in total. The molecule has 3 N–H and O–H groups in total. The number of hydrogen-bond acceptors (Lipinski definition) is 7. The van der Waals surface area contributed by atoms with Gasteiger partial charge in [-0.1, -0.05) is 0 Å². The highest BCUT2D eigenvalue weighted by molar-refractivity contribution is 7.98. The van der Waals surface area contributed by atoms with Gasteiger partial charge in [0, 0.05) is 30.1 Å². The van der Waals surface area contributed by atoms with Gasteiger partial charge in [0.2, 0.25) is 5.88 Å². The number of aromatic hydroxyl groups is 1. The van der Waals surface area contributed by atoms with Crippen molar-refractivity contribution in [2.45, 2.75) is 38.3 Å². The summed E-state index contributed by atoms with van der Waals surface area (Å²) in [5.74, 6) is 0.367. The number of rotatable bonds is 6. The summed E-state index contributed by atoms with van der Waals surface area (Å²) in [6.07, 6.45) is 5.31. The predicted octanol–water partition coefficient (Wildman–Crippen LogP) is 1.64. The van der Waals surface area contributed by atoms with Gasteiger partial charge >= 0.3 is 0 Å². The molecule has 1 aliphatic heterocycles. The first kappa shape index (κ1) is 16.5. The molecule has 0 aromatic carbocycles. The van der Waals surface area contributed by atoms with E-state index in [1.807, 2.05) is 20.0 Å². The Balaban J connectivity index is 1.70. The molecule has 0 saturated carbocycles. The third-order valence-electron chi connectivity index (χ3n) is 3.90. The molecule has 1 fully saturated rings. The summed E-state index contributed by atoms with van der Waals surface area (Å²) in [5, 5.41) is 13.3. The maximum Gasteiger partial charge on any atom is 0.239 e. The molecule has 23 heavy (non-hydrogen) atoms. The van der Waals surface area contributed by atoms with Crippen molar-refractivity contribution in [2.24, 2.45) is 0 Å². The van der Waals surface area contributed by atoms with E-state index >= 15 is 0 Å². The van der Waals surface area contributed by atoms with Crippen LogP contribution in [0.1, 0.15) is 19.4 Å². The van der Waals surface area contributed by atoms with Crippen LogP contribution in [0.25, 0.3) is 11.0 Å². The van der Waals surface area contributed by atoms with Gasteiger partial charge in [-0.25, -0.2) is 9.97 Å². The van der Waals surface area contributed by atoms with E-state index in [-0.39, 0.29) is 18.0 Å². The highest BCUT2D eigenvalue weighted by atomic mass is 32.2. The molecular formula is C15H22N4O3S. The van der Waals surface area contributed by atoms with Crippen LogP contribution in [0.4, 0.5) is 0 Å². The molecule has 1 unspecified atom stereocenters. The number of nitrogens with zero attached hydrogens (tertiary/aromatic N) is 2. The lowest BCUT2D eigenvalue weighted by molar-refractivity contribution is -0.141. The molecule has 1 aliphatic rings. The molecule has 0 amide bonds. The summed E-state index contributed by atoms with van der Waals surface area (Å²) in [7, 11) is 0. The Kier molecular flexibility index (Phi) is 4.77. The van der Waals surface area contributed by atoms with Crippen LogP contribution in [0.5, 0.6) is 5.88 Å². The summed E-state index contributed by atoms with van der Waals surface area (Å²) >= 11 is 1.77. The second-order valence-electron chi connectivity index (χ2n) is 6.04. The van der Waals surface area contributed by atoms with Crippen LogP contribution in [-0.4, -0.2) is 56.6 Å². The molecule has 0 aliphatic carbocycles. The van der Waals surface area contributed by atoms with Crippen LogP contribution < -0.4 is 5.32 Å². The van der Waals surface area contributed by atoms with Gasteiger partial charge in [0.1, 0.15) is 17.9 Å². The van der Waals surface area contributed by atoms with Crippen LogP contribution >= 0.6 is 11.8 Å². The summed E-state index contributed by atoms with van der Waals surface area (Å²) in [5.41, 5.74) is 2.28. The van der Waals surface area contributed by atoms with Gasteiger partial charge in [0.05, 0.1) is 12.1 Å². The first-order chi connectivity index (χ1) is 11.0. The van der Waals surface area contributed by atoms with E-state index in [2.05, 4.69) is 26.5 Å². The summed E-state index contributed by atoms with van der Waals surface area (Å²) in [4.78, 5) is 11.0. The zero-order valence-electron chi connectivity index (χ0n) is 13.5. The highest BCUT2D eigenvalue weighted by Gasteiger charge is 2.37. The van der Waals surface area contributed by atoms with Gasteiger partial charge in [-0.15, -0.1) is 0 Å². The lowest BCUT2D eigenvalue weighted by atomic mass is 10.2. The number of aromatic nitrogens is 3. The number of thioether (sulfide) groups is 1. The number of fused-ring (bicyclic) bond motifs is 1. The third kappa shape index (κ3) is 3.60. The zero-order chi connectivity index (χ0) is 16.4. The number of H-pyrrole nitrogens is 1. The van der Waals surface area contributed by atoms with E-state index in [0.717, 1.165) is 16.8 Å². The van der Waals surface area contributed by atoms with Crippen LogP contribution in [0, 0.1) is 0 Å². The summed E-state index contributed by atoms with van der Waals surface area (Å²) in [6, 6.07) is 0.173. The topological polar surface area (TPSA) is 92.3 Å². The quantitative estimate of drug-likeness (QED) is 0.737. The first-order valence-corrected chi connectivity index (χ1v) is 8.93. The third-order valence-corrected chi connectivity index (χ3v) is 4.59. The molecule has 0 radical (unpaired) electrons. The number of hydrogen-bond donors (Lipinski definition) is 3. The molecule has 3 rings (SSSR count). The van der Waals surface area contributed by atoms with E-state index in [0.29, 0.717) is 18.7 Å². The normalized spacial score (nSPS) is 21.8. The minimum absolute atomic E-state index is 0.0192. The Morgan fingerprint density at radius 2 is 2.35 bits per heavy atom. The molecule has 0 spiro atoms. The van der Waals surface area contributed by atoms with Crippen LogP contribution in [0.15, 0.2) is 12.5 Å². The minimum Gasteiger partial charge on any atom is -0.492 e. The van der Waals surface area contributed by atoms with E-state index < -0.39 is 5.79 Å². The lowest BCUT2D eigenvalue weighted by Crippen LogP contribution is -2.43. The fraction of sp³-hybridized carbons (Fsp3) is 0.600. The largest absolute Gasteiger partial charge is 0.492 e. The average molecular weight is 338 g/mol. The standard InChI is InChI=1S/C15H22N4O3S/c1-15(2)21-6-11(22-15)10(7-23-3)16-4-9-5-17-13-12(9)18-8-19-14(13)20/h5,8,10-11,16-17H,4,6-7H2,1-3H3,(H,18,19,20)/t10-,11?/m1/s1. The lowest BCUT2D eigenvalue weighted by Gasteiger charge is -2.24. The van der Waals surface area contributed by atoms with Crippen molar-refractivity contribution in [3.63, 3.8) is 0 Å². The van der Waals surface area contributed by atoms with Crippen LogP contribution in [0.3, 0.4) is 0 Å². The van der Waals surface area contributed by atoms with Gasteiger partial charge < -0.3 is 24.9 Å². The molecule has 1 saturated heterocycles. The number of ether oxygens (including phenoxy) is 2. The molecular weight excluding hydrogens is 316 g/mol. The van der Waals surface area contributed by atoms with E-state index in [1.165, 1.54) is 6.33 Å². The second-order valence-corrected chi connectivity index (χ2v) is 6.96. The second kappa shape index (κ2) is 6.64.